The van der Waals surface area contributed by atoms with E-state index in [1.807, 2.05) is 36.4 Å². The summed E-state index contributed by atoms with van der Waals surface area (Å²) in [4.78, 5) is 6.51. The Morgan fingerprint density at radius 2 is 1.87 bits per heavy atom. The first-order valence-corrected chi connectivity index (χ1v) is 10.2. The lowest BCUT2D eigenvalue weighted by atomic mass is 9.99. The molecule has 1 aliphatic heterocycles. The van der Waals surface area contributed by atoms with E-state index in [1.165, 1.54) is 12.5 Å². The van der Waals surface area contributed by atoms with Gasteiger partial charge >= 0.3 is 0 Å². The third-order valence-electron chi connectivity index (χ3n) is 5.35. The lowest BCUT2D eigenvalue weighted by molar-refractivity contribution is 0.336. The highest BCUT2D eigenvalue weighted by Crippen LogP contribution is 2.28. The van der Waals surface area contributed by atoms with Gasteiger partial charge in [-0.05, 0) is 36.5 Å². The molecule has 2 aromatic carbocycles. The van der Waals surface area contributed by atoms with E-state index in [9.17, 15) is 4.39 Å². The predicted octanol–water partition coefficient (Wildman–Crippen LogP) is 4.84. The molecular weight excluding hydrogens is 379 g/mol. The lowest BCUT2D eigenvalue weighted by Gasteiger charge is -2.27. The maximum Gasteiger partial charge on any atom is 0.191 e. The van der Waals surface area contributed by atoms with Crippen LogP contribution >= 0.6 is 0 Å². The number of hydrogen-bond donors (Lipinski definition) is 1. The van der Waals surface area contributed by atoms with E-state index < -0.39 is 0 Å². The van der Waals surface area contributed by atoms with Gasteiger partial charge in [0, 0.05) is 30.3 Å². The van der Waals surface area contributed by atoms with Crippen molar-refractivity contribution in [3.05, 3.63) is 84.0 Å². The molecule has 0 amide bonds. The van der Waals surface area contributed by atoms with E-state index in [4.69, 9.17) is 10.3 Å². The summed E-state index contributed by atoms with van der Waals surface area (Å²) in [6, 6.07) is 16.3. The van der Waals surface area contributed by atoms with Gasteiger partial charge in [0.2, 0.25) is 0 Å². The van der Waals surface area contributed by atoms with Crippen LogP contribution in [0.25, 0.3) is 16.7 Å². The van der Waals surface area contributed by atoms with Crippen LogP contribution in [0, 0.1) is 5.82 Å². The summed E-state index contributed by atoms with van der Waals surface area (Å²) < 4.78 is 20.1. The molecule has 0 aliphatic carbocycles. The van der Waals surface area contributed by atoms with Gasteiger partial charge in [0.05, 0.1) is 0 Å². The molecule has 0 spiro atoms. The maximum atomic E-state index is 14.7. The highest BCUT2D eigenvalue weighted by molar-refractivity contribution is 5.79. The molecule has 3 aromatic rings. The number of benzene rings is 2. The topological polar surface area (TPSA) is 67.7 Å². The quantitative estimate of drug-likeness (QED) is 0.488. The smallest absolute Gasteiger partial charge is 0.191 e. The molecule has 2 N–H and O–H groups in total. The molecule has 154 valence electrons. The molecule has 4 rings (SSSR count). The Balaban J connectivity index is 1.45. The van der Waals surface area contributed by atoms with Gasteiger partial charge in [-0.2, -0.15) is 0 Å². The number of rotatable bonds is 5. The predicted molar refractivity (Wildman–Crippen MR) is 117 cm³/mol. The first-order valence-electron chi connectivity index (χ1n) is 10.2. The van der Waals surface area contributed by atoms with Crippen molar-refractivity contribution in [2.45, 2.75) is 25.8 Å². The van der Waals surface area contributed by atoms with Gasteiger partial charge in [-0.15, -0.1) is 0 Å². The lowest BCUT2D eigenvalue weighted by Crippen LogP contribution is -2.40. The van der Waals surface area contributed by atoms with Crippen LogP contribution in [0.3, 0.4) is 0 Å². The van der Waals surface area contributed by atoms with Crippen molar-refractivity contribution in [2.75, 3.05) is 13.1 Å². The number of aliphatic imine (C=N–C) groups is 1. The zero-order chi connectivity index (χ0) is 20.9. The third-order valence-corrected chi connectivity index (χ3v) is 5.35. The molecule has 5 nitrogen and oxygen atoms in total. The van der Waals surface area contributed by atoms with Crippen molar-refractivity contribution in [1.29, 1.82) is 0 Å². The second-order valence-corrected chi connectivity index (χ2v) is 7.44. The zero-order valence-corrected chi connectivity index (χ0v) is 16.9. The molecule has 0 radical (unpaired) electrons. The average Bonchev–Trinajstić information content (AvgIpc) is 3.27. The summed E-state index contributed by atoms with van der Waals surface area (Å²) in [5.41, 5.74) is 9.28. The minimum atomic E-state index is -0.303. The van der Waals surface area contributed by atoms with Crippen LogP contribution < -0.4 is 5.73 Å². The number of nitrogens with zero attached hydrogens (tertiary/aromatic N) is 3. The van der Waals surface area contributed by atoms with E-state index in [0.29, 0.717) is 40.7 Å². The molecule has 1 fully saturated rings. The number of hydrogen-bond acceptors (Lipinski definition) is 3. The Morgan fingerprint density at radius 3 is 2.60 bits per heavy atom. The number of guanidine groups is 1. The van der Waals surface area contributed by atoms with E-state index >= 15 is 0 Å². The van der Waals surface area contributed by atoms with Gasteiger partial charge in [-0.25, -0.2) is 9.38 Å². The van der Waals surface area contributed by atoms with Gasteiger partial charge in [0.25, 0.3) is 0 Å². The van der Waals surface area contributed by atoms with Gasteiger partial charge in [0.15, 0.2) is 11.7 Å². The van der Waals surface area contributed by atoms with Crippen LogP contribution in [0.5, 0.6) is 0 Å². The van der Waals surface area contributed by atoms with Crippen LogP contribution in [0.2, 0.25) is 0 Å². The number of aromatic nitrogens is 1. The molecule has 0 atom stereocenters. The molecule has 30 heavy (non-hydrogen) atoms. The largest absolute Gasteiger partial charge is 0.370 e. The van der Waals surface area contributed by atoms with Gasteiger partial charge in [0.1, 0.15) is 18.1 Å². The van der Waals surface area contributed by atoms with Crippen molar-refractivity contribution in [3.63, 3.8) is 0 Å². The van der Waals surface area contributed by atoms with Gasteiger partial charge in [-0.1, -0.05) is 54.2 Å². The van der Waals surface area contributed by atoms with Crippen LogP contribution in [0.1, 0.15) is 36.3 Å². The number of halogens is 1. The van der Waals surface area contributed by atoms with Crippen molar-refractivity contribution < 1.29 is 8.91 Å². The molecule has 0 saturated carbocycles. The summed E-state index contributed by atoms with van der Waals surface area (Å²) in [5, 5.41) is 4.07. The average molecular weight is 404 g/mol. The minimum Gasteiger partial charge on any atom is -0.370 e. The molecular formula is C24H25FN4O. The Labute approximate surface area is 175 Å². The Morgan fingerprint density at radius 1 is 1.10 bits per heavy atom. The fourth-order valence-electron chi connectivity index (χ4n) is 3.61. The van der Waals surface area contributed by atoms with E-state index in [-0.39, 0.29) is 5.82 Å². The normalized spacial score (nSPS) is 14.7. The second-order valence-electron chi connectivity index (χ2n) is 7.44. The highest BCUT2D eigenvalue weighted by Gasteiger charge is 2.14. The molecule has 2 heterocycles. The molecule has 1 saturated heterocycles. The van der Waals surface area contributed by atoms with Crippen LogP contribution in [0.4, 0.5) is 4.39 Å². The van der Waals surface area contributed by atoms with Crippen LogP contribution in [0.15, 0.2) is 70.7 Å². The van der Waals surface area contributed by atoms with Crippen LogP contribution in [-0.2, 0) is 6.54 Å². The molecule has 1 aliphatic rings. The van der Waals surface area contributed by atoms with Gasteiger partial charge in [-0.3, -0.25) is 0 Å². The number of likely N-dealkylation sites (tertiary alicyclic amines) is 1. The first-order chi connectivity index (χ1) is 14.6. The molecule has 1 aromatic heterocycles. The van der Waals surface area contributed by atoms with E-state index in [1.54, 1.807) is 12.1 Å². The van der Waals surface area contributed by atoms with Crippen molar-refractivity contribution in [1.82, 2.24) is 10.1 Å². The monoisotopic (exact) mass is 404 g/mol. The summed E-state index contributed by atoms with van der Waals surface area (Å²) in [7, 11) is 0. The van der Waals surface area contributed by atoms with Gasteiger partial charge < -0.3 is 15.2 Å². The maximum absolute atomic E-state index is 14.7. The van der Waals surface area contributed by atoms with E-state index in [0.717, 1.165) is 31.5 Å². The zero-order valence-electron chi connectivity index (χ0n) is 16.9. The van der Waals surface area contributed by atoms with Crippen LogP contribution in [-0.4, -0.2) is 29.1 Å². The Kier molecular flexibility index (Phi) is 5.93. The molecule has 6 heteroatoms. The fourth-order valence-corrected chi connectivity index (χ4v) is 3.61. The van der Waals surface area contributed by atoms with Crippen molar-refractivity contribution in [2.24, 2.45) is 10.7 Å². The molecule has 0 unspecified atom stereocenters. The summed E-state index contributed by atoms with van der Waals surface area (Å²) in [6.07, 6.45) is 3.52. The summed E-state index contributed by atoms with van der Waals surface area (Å²) >= 11 is 0. The number of piperidine rings is 1. The first kappa shape index (κ1) is 19.9. The molecule has 0 bridgehead atoms. The Bertz CT molecular complexity index is 1050. The van der Waals surface area contributed by atoms with Crippen molar-refractivity contribution >= 4 is 11.5 Å². The fraction of sp³-hybridized carbons (Fsp3) is 0.250. The minimum absolute atomic E-state index is 0.303. The Hall–Kier alpha value is -3.41. The van der Waals surface area contributed by atoms with E-state index in [2.05, 4.69) is 21.6 Å². The standard InChI is InChI=1S/C24H25FN4O/c1-17(19-10-11-21(22(25)14-19)18-8-4-2-5-9-18)23-15-20(30-28-23)16-27-24(26)29-12-6-3-7-13-29/h2,4-5,8-11,14-15H,1,3,6-7,12-13,16H2,(H2,26,27). The highest BCUT2D eigenvalue weighted by atomic mass is 19.1. The van der Waals surface area contributed by atoms with Crippen molar-refractivity contribution in [3.8, 4) is 11.1 Å². The SMILES string of the molecule is C=C(c1ccc(-c2ccccc2)c(F)c1)c1cc(CN=C(N)N2CCCCC2)on1. The third kappa shape index (κ3) is 4.43. The summed E-state index contributed by atoms with van der Waals surface area (Å²) in [5.74, 6) is 0.819. The number of nitrogens with two attached hydrogens (primary N) is 1. The summed E-state index contributed by atoms with van der Waals surface area (Å²) in [6.45, 7) is 6.26. The second kappa shape index (κ2) is 8.95.